The lowest BCUT2D eigenvalue weighted by Crippen LogP contribution is -2.36. The molecular weight excluding hydrogens is 262 g/mol. The van der Waals surface area contributed by atoms with Crippen LogP contribution in [0.2, 0.25) is 0 Å². The maximum Gasteiger partial charge on any atom is 0.0116 e. The second kappa shape index (κ2) is 6.62. The Balaban J connectivity index is 1.84. The maximum atomic E-state index is 6.49. The van der Waals surface area contributed by atoms with Gasteiger partial charge in [-0.2, -0.15) is 0 Å². The lowest BCUT2D eigenvalue weighted by atomic mass is 9.68. The summed E-state index contributed by atoms with van der Waals surface area (Å²) in [6.07, 6.45) is 7.62. The van der Waals surface area contributed by atoms with Gasteiger partial charge in [-0.15, -0.1) is 11.3 Å². The summed E-state index contributed by atoms with van der Waals surface area (Å²) in [7, 11) is 0. The van der Waals surface area contributed by atoms with E-state index >= 15 is 0 Å². The van der Waals surface area contributed by atoms with Gasteiger partial charge in [-0.25, -0.2) is 0 Å². The van der Waals surface area contributed by atoms with Crippen molar-refractivity contribution in [3.8, 4) is 0 Å². The average molecular weight is 294 g/mol. The van der Waals surface area contributed by atoms with Crippen LogP contribution in [-0.4, -0.2) is 6.04 Å². The van der Waals surface area contributed by atoms with Gasteiger partial charge in [0.15, 0.2) is 0 Å². The minimum Gasteiger partial charge on any atom is -0.327 e. The lowest BCUT2D eigenvalue weighted by Gasteiger charge is -2.38. The van der Waals surface area contributed by atoms with Gasteiger partial charge in [0.1, 0.15) is 0 Å². The van der Waals surface area contributed by atoms with E-state index in [1.54, 1.807) is 0 Å². The molecule has 1 nitrogen and oxygen atoms in total. The van der Waals surface area contributed by atoms with Crippen LogP contribution < -0.4 is 5.73 Å². The molecule has 1 heterocycles. The Morgan fingerprint density at radius 3 is 2.25 bits per heavy atom. The highest BCUT2D eigenvalue weighted by Crippen LogP contribution is 2.40. The number of rotatable bonds is 4. The summed E-state index contributed by atoms with van der Waals surface area (Å²) in [6, 6.07) is 4.91. The van der Waals surface area contributed by atoms with E-state index in [0.717, 1.165) is 24.7 Å². The monoisotopic (exact) mass is 293 g/mol. The zero-order valence-corrected chi connectivity index (χ0v) is 14.4. The largest absolute Gasteiger partial charge is 0.327 e. The van der Waals surface area contributed by atoms with E-state index in [2.05, 4.69) is 39.8 Å². The summed E-state index contributed by atoms with van der Waals surface area (Å²) in [5.41, 5.74) is 6.96. The summed E-state index contributed by atoms with van der Waals surface area (Å²) >= 11 is 1.95. The molecule has 2 rings (SSSR count). The molecule has 0 saturated heterocycles. The fourth-order valence-corrected chi connectivity index (χ4v) is 4.56. The van der Waals surface area contributed by atoms with Gasteiger partial charge in [0.2, 0.25) is 0 Å². The van der Waals surface area contributed by atoms with Gasteiger partial charge in [-0.1, -0.05) is 27.7 Å². The third-order valence-electron chi connectivity index (χ3n) is 5.10. The van der Waals surface area contributed by atoms with Crippen LogP contribution in [0.15, 0.2) is 12.1 Å². The van der Waals surface area contributed by atoms with Crippen LogP contribution in [0.3, 0.4) is 0 Å². The number of hydrogen-bond acceptors (Lipinski definition) is 2. The summed E-state index contributed by atoms with van der Waals surface area (Å²) < 4.78 is 0. The van der Waals surface area contributed by atoms with E-state index in [4.69, 9.17) is 5.73 Å². The zero-order valence-electron chi connectivity index (χ0n) is 13.6. The highest BCUT2D eigenvalue weighted by molar-refractivity contribution is 7.11. The van der Waals surface area contributed by atoms with Crippen molar-refractivity contribution in [3.05, 3.63) is 21.9 Å². The van der Waals surface area contributed by atoms with Crippen molar-refractivity contribution in [3.63, 3.8) is 0 Å². The Bertz CT molecular complexity index is 407. The Hall–Kier alpha value is -0.340. The summed E-state index contributed by atoms with van der Waals surface area (Å²) in [4.78, 5) is 2.97. The van der Waals surface area contributed by atoms with Gasteiger partial charge < -0.3 is 5.73 Å². The standard InChI is InChI=1S/C18H31NS/c1-5-15-10-11-16(20-15)12-17(19)13-6-8-14(9-7-13)18(2,3)4/h10-11,13-14,17H,5-9,12,19H2,1-4H3. The average Bonchev–Trinajstić information content (AvgIpc) is 2.85. The molecule has 2 heteroatoms. The van der Waals surface area contributed by atoms with Crippen molar-refractivity contribution >= 4 is 11.3 Å². The third-order valence-corrected chi connectivity index (χ3v) is 6.36. The van der Waals surface area contributed by atoms with Crippen molar-refractivity contribution in [2.24, 2.45) is 23.0 Å². The third kappa shape index (κ3) is 4.08. The van der Waals surface area contributed by atoms with Crippen LogP contribution in [0.1, 0.15) is 63.1 Å². The number of nitrogens with two attached hydrogens (primary N) is 1. The Morgan fingerprint density at radius 1 is 1.15 bits per heavy atom. The van der Waals surface area contributed by atoms with Crippen LogP contribution in [0.25, 0.3) is 0 Å². The SMILES string of the molecule is CCc1ccc(CC(N)C2CCC(C(C)(C)C)CC2)s1. The van der Waals surface area contributed by atoms with Crippen LogP contribution in [0.4, 0.5) is 0 Å². The molecule has 0 radical (unpaired) electrons. The first-order chi connectivity index (χ1) is 9.40. The molecule has 0 aliphatic heterocycles. The van der Waals surface area contributed by atoms with Crippen LogP contribution in [-0.2, 0) is 12.8 Å². The minimum absolute atomic E-state index is 0.360. The lowest BCUT2D eigenvalue weighted by molar-refractivity contribution is 0.139. The highest BCUT2D eigenvalue weighted by Gasteiger charge is 2.31. The van der Waals surface area contributed by atoms with Crippen molar-refractivity contribution in [2.75, 3.05) is 0 Å². The Morgan fingerprint density at radius 2 is 1.75 bits per heavy atom. The van der Waals surface area contributed by atoms with Crippen LogP contribution >= 0.6 is 11.3 Å². The second-order valence-electron chi connectivity index (χ2n) is 7.57. The van der Waals surface area contributed by atoms with Gasteiger partial charge in [0.05, 0.1) is 0 Å². The predicted molar refractivity (Wildman–Crippen MR) is 90.3 cm³/mol. The van der Waals surface area contributed by atoms with Crippen LogP contribution in [0, 0.1) is 17.3 Å². The van der Waals surface area contributed by atoms with Gasteiger partial charge >= 0.3 is 0 Å². The van der Waals surface area contributed by atoms with E-state index < -0.39 is 0 Å². The molecule has 0 aromatic carbocycles. The highest BCUT2D eigenvalue weighted by atomic mass is 32.1. The van der Waals surface area contributed by atoms with E-state index in [9.17, 15) is 0 Å². The molecule has 1 saturated carbocycles. The Kier molecular flexibility index (Phi) is 5.30. The Labute approximate surface area is 129 Å². The molecule has 0 bridgehead atoms. The molecule has 1 aliphatic rings. The molecule has 1 fully saturated rings. The zero-order chi connectivity index (χ0) is 14.8. The van der Waals surface area contributed by atoms with E-state index in [0.29, 0.717) is 11.5 Å². The molecule has 0 amide bonds. The molecule has 1 aromatic rings. The normalized spacial score (nSPS) is 25.6. The molecule has 2 N–H and O–H groups in total. The van der Waals surface area contributed by atoms with Gasteiger partial charge in [-0.05, 0) is 67.9 Å². The minimum atomic E-state index is 0.360. The first-order valence-electron chi connectivity index (χ1n) is 8.23. The van der Waals surface area contributed by atoms with Crippen molar-refractivity contribution in [1.82, 2.24) is 0 Å². The number of thiophene rings is 1. The number of aryl methyl sites for hydroxylation is 1. The maximum absolute atomic E-state index is 6.49. The van der Waals surface area contributed by atoms with Crippen molar-refractivity contribution in [2.45, 2.75) is 72.3 Å². The first-order valence-corrected chi connectivity index (χ1v) is 9.05. The fourth-order valence-electron chi connectivity index (χ4n) is 3.53. The molecule has 0 spiro atoms. The molecule has 1 atom stereocenters. The first kappa shape index (κ1) is 16.0. The summed E-state index contributed by atoms with van der Waals surface area (Å²) in [5, 5.41) is 0. The predicted octanol–water partition coefficient (Wildman–Crippen LogP) is 5.03. The topological polar surface area (TPSA) is 26.0 Å². The quantitative estimate of drug-likeness (QED) is 0.827. The molecule has 1 unspecified atom stereocenters. The molecular formula is C18H31NS. The van der Waals surface area contributed by atoms with E-state index in [1.807, 2.05) is 11.3 Å². The van der Waals surface area contributed by atoms with Gasteiger partial charge in [0.25, 0.3) is 0 Å². The van der Waals surface area contributed by atoms with Gasteiger partial charge in [-0.3, -0.25) is 0 Å². The van der Waals surface area contributed by atoms with E-state index in [1.165, 1.54) is 35.4 Å². The molecule has 114 valence electrons. The second-order valence-corrected chi connectivity index (χ2v) is 8.82. The van der Waals surface area contributed by atoms with Crippen LogP contribution in [0.5, 0.6) is 0 Å². The number of hydrogen-bond donors (Lipinski definition) is 1. The van der Waals surface area contributed by atoms with Gasteiger partial charge in [0, 0.05) is 15.8 Å². The summed E-state index contributed by atoms with van der Waals surface area (Å²) in [5.74, 6) is 1.63. The smallest absolute Gasteiger partial charge is 0.0116 e. The van der Waals surface area contributed by atoms with E-state index in [-0.39, 0.29) is 0 Å². The molecule has 20 heavy (non-hydrogen) atoms. The van der Waals surface area contributed by atoms with Crippen molar-refractivity contribution < 1.29 is 0 Å². The van der Waals surface area contributed by atoms with Crippen molar-refractivity contribution in [1.29, 1.82) is 0 Å². The molecule has 1 aromatic heterocycles. The summed E-state index contributed by atoms with van der Waals surface area (Å²) in [6.45, 7) is 9.38. The molecule has 1 aliphatic carbocycles. The fraction of sp³-hybridized carbons (Fsp3) is 0.778.